The normalized spacial score (nSPS) is 20.1. The van der Waals surface area contributed by atoms with Crippen LogP contribution in [0.2, 0.25) is 0 Å². The summed E-state index contributed by atoms with van der Waals surface area (Å²) in [6.07, 6.45) is 1.92. The number of fused-ring (bicyclic) bond motifs is 2. The number of carbonyl (C=O) groups excluding carboxylic acids is 5. The summed E-state index contributed by atoms with van der Waals surface area (Å²) in [5.74, 6) is -2.21. The number of ether oxygens (including phenoxy) is 1. The van der Waals surface area contributed by atoms with Crippen molar-refractivity contribution in [2.45, 2.75) is 58.3 Å². The van der Waals surface area contributed by atoms with Crippen molar-refractivity contribution >= 4 is 29.5 Å². The number of methoxy groups -OCH3 is 1. The molecule has 0 saturated carbocycles. The Bertz CT molecular complexity index is 1540. The van der Waals surface area contributed by atoms with E-state index in [0.717, 1.165) is 5.56 Å². The summed E-state index contributed by atoms with van der Waals surface area (Å²) in [6.45, 7) is 5.28. The molecule has 14 heteroatoms. The van der Waals surface area contributed by atoms with Crippen molar-refractivity contribution in [3.63, 3.8) is 0 Å². The predicted octanol–water partition coefficient (Wildman–Crippen LogP) is 1.23. The monoisotopic (exact) mass is 633 g/mol. The predicted molar refractivity (Wildman–Crippen MR) is 165 cm³/mol. The van der Waals surface area contributed by atoms with Gasteiger partial charge in [-0.25, -0.2) is 4.98 Å². The highest BCUT2D eigenvalue weighted by Gasteiger charge is 2.30. The molecule has 0 aliphatic carbocycles. The number of hydrogen-bond acceptors (Lipinski definition) is 9. The maximum atomic E-state index is 13.6. The van der Waals surface area contributed by atoms with Crippen molar-refractivity contribution in [1.82, 2.24) is 36.3 Å². The van der Waals surface area contributed by atoms with Gasteiger partial charge in [-0.05, 0) is 30.9 Å². The summed E-state index contributed by atoms with van der Waals surface area (Å²) in [6, 6.07) is 10.6. The van der Waals surface area contributed by atoms with Gasteiger partial charge in [-0.2, -0.15) is 0 Å². The summed E-state index contributed by atoms with van der Waals surface area (Å²) in [7, 11) is 1.43. The molecule has 0 spiro atoms. The zero-order valence-electron chi connectivity index (χ0n) is 26.2. The topological polar surface area (TPSA) is 185 Å². The quantitative estimate of drug-likeness (QED) is 0.310. The van der Waals surface area contributed by atoms with E-state index in [1.807, 2.05) is 44.2 Å². The van der Waals surface area contributed by atoms with Crippen LogP contribution in [0.4, 0.5) is 0 Å². The molecule has 2 bridgehead atoms. The molecular formula is C32H39N7O7. The number of aromatic nitrogens is 2. The molecule has 4 N–H and O–H groups in total. The maximum absolute atomic E-state index is 13.6. The van der Waals surface area contributed by atoms with Gasteiger partial charge in [0.1, 0.15) is 18.1 Å². The zero-order valence-corrected chi connectivity index (χ0v) is 26.2. The third kappa shape index (κ3) is 9.13. The van der Waals surface area contributed by atoms with Crippen molar-refractivity contribution in [2.75, 3.05) is 20.2 Å². The Kier molecular flexibility index (Phi) is 11.4. The molecule has 3 aromatic rings. The molecule has 46 heavy (non-hydrogen) atoms. The lowest BCUT2D eigenvalue weighted by atomic mass is 10.0. The van der Waals surface area contributed by atoms with Gasteiger partial charge in [0, 0.05) is 43.4 Å². The molecule has 3 atom stereocenters. The molecule has 0 saturated heterocycles. The molecule has 14 nitrogen and oxygen atoms in total. The van der Waals surface area contributed by atoms with Gasteiger partial charge in [-0.15, -0.1) is 0 Å². The van der Waals surface area contributed by atoms with Crippen LogP contribution in [0.5, 0.6) is 5.88 Å². The van der Waals surface area contributed by atoms with E-state index < -0.39 is 47.7 Å². The first kappa shape index (κ1) is 33.6. The van der Waals surface area contributed by atoms with Crippen LogP contribution in [0.1, 0.15) is 59.4 Å². The fourth-order valence-electron chi connectivity index (χ4n) is 4.88. The van der Waals surface area contributed by atoms with Crippen LogP contribution in [0.15, 0.2) is 59.3 Å². The van der Waals surface area contributed by atoms with Crippen LogP contribution in [-0.4, -0.2) is 82.9 Å². The molecule has 3 heterocycles. The number of carbonyl (C=O) groups is 5. The van der Waals surface area contributed by atoms with E-state index in [9.17, 15) is 24.0 Å². The minimum absolute atomic E-state index is 0.0256. The smallest absolute Gasteiger partial charge is 0.274 e. The average Bonchev–Trinajstić information content (AvgIpc) is 3.51. The first-order valence-electron chi connectivity index (χ1n) is 15.0. The van der Waals surface area contributed by atoms with Gasteiger partial charge in [-0.1, -0.05) is 49.3 Å². The third-order valence-corrected chi connectivity index (χ3v) is 7.29. The van der Waals surface area contributed by atoms with Gasteiger partial charge in [-0.3, -0.25) is 24.0 Å². The Morgan fingerprint density at radius 3 is 2.46 bits per heavy atom. The Hall–Kier alpha value is -5.27. The van der Waals surface area contributed by atoms with Crippen LogP contribution in [-0.2, 0) is 27.3 Å². The number of pyridine rings is 1. The van der Waals surface area contributed by atoms with E-state index in [-0.39, 0.29) is 54.9 Å². The number of amides is 5. The van der Waals surface area contributed by atoms with Gasteiger partial charge >= 0.3 is 0 Å². The molecule has 0 fully saturated rings. The lowest BCUT2D eigenvalue weighted by molar-refractivity contribution is -0.132. The second kappa shape index (κ2) is 15.6. The van der Waals surface area contributed by atoms with Gasteiger partial charge in [0.2, 0.25) is 23.6 Å². The van der Waals surface area contributed by atoms with Gasteiger partial charge in [0.15, 0.2) is 11.5 Å². The third-order valence-electron chi connectivity index (χ3n) is 7.29. The minimum atomic E-state index is -1.03. The van der Waals surface area contributed by atoms with Crippen LogP contribution in [0.3, 0.4) is 0 Å². The van der Waals surface area contributed by atoms with Crippen molar-refractivity contribution < 1.29 is 33.2 Å². The van der Waals surface area contributed by atoms with Crippen LogP contribution in [0, 0.1) is 5.92 Å². The summed E-state index contributed by atoms with van der Waals surface area (Å²) >= 11 is 0. The molecule has 5 amide bonds. The average molecular weight is 634 g/mol. The lowest BCUT2D eigenvalue weighted by Gasteiger charge is -2.26. The largest absolute Gasteiger partial charge is 0.481 e. The Labute approximate surface area is 266 Å². The van der Waals surface area contributed by atoms with Gasteiger partial charge in [0.25, 0.3) is 11.8 Å². The van der Waals surface area contributed by atoms with E-state index in [1.165, 1.54) is 43.3 Å². The molecule has 1 aromatic carbocycles. The minimum Gasteiger partial charge on any atom is -0.481 e. The number of nitrogens with one attached hydrogen (secondary N) is 4. The number of benzene rings is 1. The van der Waals surface area contributed by atoms with Crippen LogP contribution >= 0.6 is 0 Å². The van der Waals surface area contributed by atoms with E-state index in [0.29, 0.717) is 6.42 Å². The molecule has 244 valence electrons. The van der Waals surface area contributed by atoms with Crippen molar-refractivity contribution in [3.05, 3.63) is 77.3 Å². The number of rotatable bonds is 6. The van der Waals surface area contributed by atoms with Gasteiger partial charge in [0.05, 0.1) is 13.7 Å². The molecule has 1 aliphatic rings. The molecule has 4 rings (SSSR count). The van der Waals surface area contributed by atoms with Crippen LogP contribution in [0.25, 0.3) is 0 Å². The Balaban J connectivity index is 1.66. The second-order valence-electron chi connectivity index (χ2n) is 11.4. The van der Waals surface area contributed by atoms with Gasteiger partial charge < -0.3 is 35.4 Å². The van der Waals surface area contributed by atoms with E-state index in [4.69, 9.17) is 9.26 Å². The fourth-order valence-corrected chi connectivity index (χ4v) is 4.88. The SMILES string of the molecule is COc1cc(C(=O)N2CCNC(=O)[C@@H](Cc3ccccc3)NC(=O)[C@@H](CC(C)C)NC(=O)[C@@H](C)NC(=O)c3cc(on3)C2)ccn1. The lowest BCUT2D eigenvalue weighted by Crippen LogP contribution is -2.57. The molecular weight excluding hydrogens is 594 g/mol. The number of nitrogens with zero attached hydrogens (tertiary/aromatic N) is 3. The van der Waals surface area contributed by atoms with Crippen molar-refractivity contribution in [1.29, 1.82) is 0 Å². The second-order valence-corrected chi connectivity index (χ2v) is 11.4. The summed E-state index contributed by atoms with van der Waals surface area (Å²) in [4.78, 5) is 72.2. The maximum Gasteiger partial charge on any atom is 0.274 e. The molecule has 0 unspecified atom stereocenters. The van der Waals surface area contributed by atoms with Crippen molar-refractivity contribution in [2.24, 2.45) is 5.92 Å². The first-order valence-corrected chi connectivity index (χ1v) is 15.0. The highest BCUT2D eigenvalue weighted by atomic mass is 16.5. The van der Waals surface area contributed by atoms with Crippen LogP contribution < -0.4 is 26.0 Å². The summed E-state index contributed by atoms with van der Waals surface area (Å²) < 4.78 is 10.5. The highest BCUT2D eigenvalue weighted by Crippen LogP contribution is 2.15. The standard InChI is InChI=1S/C32H39N7O7/c1-19(2)14-24-30(42)37-25(15-21-8-6-5-7-9-21)29(41)34-12-13-39(32(44)22-10-11-33-27(16-22)45-4)18-23-17-26(38-46-23)31(43)35-20(3)28(40)36-24/h5-11,16-17,19-20,24-25H,12-15,18H2,1-4H3,(H,34,41)(H,35,43)(H,36,40)(H,37,42)/t20-,24-,25-/m1/s1. The van der Waals surface area contributed by atoms with E-state index >= 15 is 0 Å². The Morgan fingerprint density at radius 1 is 1.00 bits per heavy atom. The Morgan fingerprint density at radius 2 is 1.74 bits per heavy atom. The zero-order chi connectivity index (χ0) is 33.2. The molecule has 1 aliphatic heterocycles. The van der Waals surface area contributed by atoms with E-state index in [1.54, 1.807) is 0 Å². The molecule has 0 radical (unpaired) electrons. The first-order chi connectivity index (χ1) is 22.0. The highest BCUT2D eigenvalue weighted by molar-refractivity contribution is 5.98. The summed E-state index contributed by atoms with van der Waals surface area (Å²) in [5.41, 5.74) is 1.00. The van der Waals surface area contributed by atoms with E-state index in [2.05, 4.69) is 31.4 Å². The van der Waals surface area contributed by atoms with Crippen molar-refractivity contribution in [3.8, 4) is 5.88 Å². The fraction of sp³-hybridized carbons (Fsp3) is 0.406. The molecule has 2 aromatic heterocycles. The summed E-state index contributed by atoms with van der Waals surface area (Å²) in [5, 5.41) is 14.7. The number of hydrogen-bond donors (Lipinski definition) is 4.